The van der Waals surface area contributed by atoms with Crippen molar-refractivity contribution in [3.8, 4) is 0 Å². The molecular weight excluding hydrogens is 296 g/mol. The number of carbonyl (C=O) groups is 1. The SMILES string of the molecule is CN(C)C(=O)COC1CN(Cc2ccoc2)Cc2ccnn2C1. The minimum absolute atomic E-state index is 0.0312. The lowest BCUT2D eigenvalue weighted by molar-refractivity contribution is -0.136. The molecule has 0 spiro atoms. The van der Waals surface area contributed by atoms with Gasteiger partial charge in [0.05, 0.1) is 30.9 Å². The van der Waals surface area contributed by atoms with Crippen molar-refractivity contribution in [2.75, 3.05) is 27.2 Å². The molecule has 2 aromatic heterocycles. The second kappa shape index (κ2) is 6.97. The van der Waals surface area contributed by atoms with Crippen molar-refractivity contribution in [1.82, 2.24) is 19.6 Å². The van der Waals surface area contributed by atoms with Crippen LogP contribution in [0.1, 0.15) is 11.3 Å². The monoisotopic (exact) mass is 318 g/mol. The lowest BCUT2D eigenvalue weighted by Crippen LogP contribution is -2.36. The van der Waals surface area contributed by atoms with Gasteiger partial charge in [-0.2, -0.15) is 5.10 Å². The van der Waals surface area contributed by atoms with E-state index in [0.717, 1.165) is 30.9 Å². The van der Waals surface area contributed by atoms with Crippen molar-refractivity contribution in [3.05, 3.63) is 42.1 Å². The third kappa shape index (κ3) is 4.00. The van der Waals surface area contributed by atoms with Crippen LogP contribution < -0.4 is 0 Å². The van der Waals surface area contributed by atoms with Gasteiger partial charge in [-0.3, -0.25) is 14.4 Å². The number of likely N-dealkylation sites (N-methyl/N-ethyl adjacent to an activating group) is 1. The Labute approximate surface area is 135 Å². The number of fused-ring (bicyclic) bond motifs is 1. The second-order valence-corrected chi connectivity index (χ2v) is 6.03. The highest BCUT2D eigenvalue weighted by Gasteiger charge is 2.24. The van der Waals surface area contributed by atoms with Gasteiger partial charge in [0.2, 0.25) is 5.91 Å². The van der Waals surface area contributed by atoms with Gasteiger partial charge in [0, 0.05) is 45.5 Å². The van der Waals surface area contributed by atoms with E-state index in [2.05, 4.69) is 10.00 Å². The van der Waals surface area contributed by atoms with Crippen molar-refractivity contribution >= 4 is 5.91 Å². The Hall–Kier alpha value is -2.12. The van der Waals surface area contributed by atoms with Gasteiger partial charge in [0.15, 0.2) is 0 Å². The largest absolute Gasteiger partial charge is 0.472 e. The number of furan rings is 1. The summed E-state index contributed by atoms with van der Waals surface area (Å²) in [5, 5.41) is 4.36. The van der Waals surface area contributed by atoms with E-state index in [1.165, 1.54) is 0 Å². The molecular formula is C16H22N4O3. The predicted octanol–water partition coefficient (Wildman–Crippen LogP) is 0.965. The van der Waals surface area contributed by atoms with Gasteiger partial charge in [-0.15, -0.1) is 0 Å². The molecule has 23 heavy (non-hydrogen) atoms. The molecule has 1 aliphatic rings. The summed E-state index contributed by atoms with van der Waals surface area (Å²) in [7, 11) is 3.46. The van der Waals surface area contributed by atoms with Crippen LogP contribution in [0.5, 0.6) is 0 Å². The zero-order chi connectivity index (χ0) is 16.2. The summed E-state index contributed by atoms with van der Waals surface area (Å²) in [5.41, 5.74) is 2.28. The van der Waals surface area contributed by atoms with E-state index in [0.29, 0.717) is 6.54 Å². The van der Waals surface area contributed by atoms with E-state index in [9.17, 15) is 4.79 Å². The number of aromatic nitrogens is 2. The van der Waals surface area contributed by atoms with Crippen LogP contribution in [0.4, 0.5) is 0 Å². The minimum Gasteiger partial charge on any atom is -0.472 e. The molecule has 7 nitrogen and oxygen atoms in total. The predicted molar refractivity (Wildman–Crippen MR) is 83.5 cm³/mol. The third-order valence-electron chi connectivity index (χ3n) is 3.96. The number of nitrogens with zero attached hydrogens (tertiary/aromatic N) is 4. The first-order chi connectivity index (χ1) is 11.1. The first kappa shape index (κ1) is 15.8. The molecule has 3 rings (SSSR count). The molecule has 1 unspecified atom stereocenters. The lowest BCUT2D eigenvalue weighted by Gasteiger charge is -2.23. The highest BCUT2D eigenvalue weighted by Crippen LogP contribution is 2.16. The highest BCUT2D eigenvalue weighted by atomic mass is 16.5. The number of hydrogen-bond donors (Lipinski definition) is 0. The van der Waals surface area contributed by atoms with Gasteiger partial charge in [0.25, 0.3) is 0 Å². The lowest BCUT2D eigenvalue weighted by atomic mass is 10.2. The fourth-order valence-electron chi connectivity index (χ4n) is 2.68. The first-order valence-electron chi connectivity index (χ1n) is 7.67. The Kier molecular flexibility index (Phi) is 4.78. The Bertz CT molecular complexity index is 636. The third-order valence-corrected chi connectivity index (χ3v) is 3.96. The molecule has 0 saturated carbocycles. The van der Waals surface area contributed by atoms with Crippen molar-refractivity contribution in [2.24, 2.45) is 0 Å². The molecule has 0 N–H and O–H groups in total. The molecule has 2 aromatic rings. The van der Waals surface area contributed by atoms with E-state index >= 15 is 0 Å². The van der Waals surface area contributed by atoms with Gasteiger partial charge in [-0.1, -0.05) is 0 Å². The summed E-state index contributed by atoms with van der Waals surface area (Å²) < 4.78 is 13.0. The fourth-order valence-corrected chi connectivity index (χ4v) is 2.68. The van der Waals surface area contributed by atoms with Crippen molar-refractivity contribution in [3.63, 3.8) is 0 Å². The molecule has 1 aliphatic heterocycles. The molecule has 0 saturated heterocycles. The van der Waals surface area contributed by atoms with Crippen LogP contribution in [-0.2, 0) is 29.2 Å². The maximum atomic E-state index is 11.8. The minimum atomic E-state index is -0.0769. The Morgan fingerprint density at radius 2 is 2.30 bits per heavy atom. The zero-order valence-corrected chi connectivity index (χ0v) is 13.5. The molecule has 7 heteroatoms. The van der Waals surface area contributed by atoms with Crippen molar-refractivity contribution < 1.29 is 13.9 Å². The fraction of sp³-hybridized carbons (Fsp3) is 0.500. The summed E-state index contributed by atoms with van der Waals surface area (Å²) in [6.45, 7) is 3.07. The molecule has 124 valence electrons. The van der Waals surface area contributed by atoms with E-state index in [4.69, 9.17) is 9.15 Å². The summed E-state index contributed by atoms with van der Waals surface area (Å²) in [5.74, 6) is -0.0312. The van der Waals surface area contributed by atoms with Crippen LogP contribution in [0.2, 0.25) is 0 Å². The van der Waals surface area contributed by atoms with E-state index < -0.39 is 0 Å². The maximum absolute atomic E-state index is 11.8. The summed E-state index contributed by atoms with van der Waals surface area (Å²) in [6.07, 6.45) is 5.17. The average molecular weight is 318 g/mol. The normalized spacial score (nSPS) is 18.4. The van der Waals surface area contributed by atoms with Gasteiger partial charge in [-0.25, -0.2) is 0 Å². The van der Waals surface area contributed by atoms with E-state index in [1.54, 1.807) is 37.7 Å². The van der Waals surface area contributed by atoms with Gasteiger partial charge >= 0.3 is 0 Å². The van der Waals surface area contributed by atoms with Gasteiger partial charge < -0.3 is 14.1 Å². The molecule has 0 bridgehead atoms. The number of hydrogen-bond acceptors (Lipinski definition) is 5. The number of carbonyl (C=O) groups excluding carboxylic acids is 1. The number of ether oxygens (including phenoxy) is 1. The average Bonchev–Trinajstić information content (AvgIpc) is 3.14. The van der Waals surface area contributed by atoms with Gasteiger partial charge in [-0.05, 0) is 12.1 Å². The summed E-state index contributed by atoms with van der Waals surface area (Å²) in [4.78, 5) is 15.6. The first-order valence-corrected chi connectivity index (χ1v) is 7.67. The van der Waals surface area contributed by atoms with Crippen LogP contribution in [0.15, 0.2) is 35.3 Å². The van der Waals surface area contributed by atoms with E-state index in [-0.39, 0.29) is 18.6 Å². The van der Waals surface area contributed by atoms with Crippen LogP contribution in [-0.4, -0.2) is 58.8 Å². The number of amides is 1. The molecule has 1 atom stereocenters. The van der Waals surface area contributed by atoms with Gasteiger partial charge in [0.1, 0.15) is 6.61 Å². The van der Waals surface area contributed by atoms with Crippen molar-refractivity contribution in [1.29, 1.82) is 0 Å². The van der Waals surface area contributed by atoms with Crippen LogP contribution in [0, 0.1) is 0 Å². The second-order valence-electron chi connectivity index (χ2n) is 6.03. The topological polar surface area (TPSA) is 63.7 Å². The standard InChI is InChI=1S/C16H22N4O3/c1-18(2)16(21)12-23-15-9-19(7-13-4-6-22-11-13)8-14-3-5-17-20(14)10-15/h3-6,11,15H,7-10,12H2,1-2H3. The Morgan fingerprint density at radius 3 is 3.04 bits per heavy atom. The molecule has 0 aromatic carbocycles. The molecule has 0 fully saturated rings. The maximum Gasteiger partial charge on any atom is 0.248 e. The van der Waals surface area contributed by atoms with Crippen molar-refractivity contribution in [2.45, 2.75) is 25.7 Å². The Morgan fingerprint density at radius 1 is 1.43 bits per heavy atom. The summed E-state index contributed by atoms with van der Waals surface area (Å²) >= 11 is 0. The highest BCUT2D eigenvalue weighted by molar-refractivity contribution is 5.76. The van der Waals surface area contributed by atoms with Crippen LogP contribution >= 0.6 is 0 Å². The summed E-state index contributed by atoms with van der Waals surface area (Å²) in [6, 6.07) is 3.99. The molecule has 0 aliphatic carbocycles. The quantitative estimate of drug-likeness (QED) is 0.822. The molecule has 3 heterocycles. The molecule has 0 radical (unpaired) electrons. The van der Waals surface area contributed by atoms with Crippen LogP contribution in [0.25, 0.3) is 0 Å². The molecule has 1 amide bonds. The van der Waals surface area contributed by atoms with E-state index in [1.807, 2.05) is 16.8 Å². The number of rotatable bonds is 5. The Balaban J connectivity index is 1.68. The smallest absolute Gasteiger partial charge is 0.248 e. The zero-order valence-electron chi connectivity index (χ0n) is 13.5. The van der Waals surface area contributed by atoms with Crippen LogP contribution in [0.3, 0.4) is 0 Å².